The molecule has 1 aromatic carbocycles. The number of hydrogen-bond donors (Lipinski definition) is 2. The van der Waals surface area contributed by atoms with Crippen LogP contribution in [-0.4, -0.2) is 10.2 Å². The highest BCUT2D eigenvalue weighted by Crippen LogP contribution is 2.32. The molecule has 0 fully saturated rings. The van der Waals surface area contributed by atoms with Gasteiger partial charge in [0, 0.05) is 5.56 Å². The predicted molar refractivity (Wildman–Crippen MR) is 55.4 cm³/mol. The third-order valence-electron chi connectivity index (χ3n) is 3.19. The minimum atomic E-state index is -0.0645. The number of phenols is 1. The molecule has 0 radical (unpaired) electrons. The molecule has 0 heterocycles. The van der Waals surface area contributed by atoms with Crippen molar-refractivity contribution in [3.8, 4) is 5.75 Å². The molecule has 76 valence electrons. The topological polar surface area (TPSA) is 40.5 Å². The molecule has 2 rings (SSSR count). The molecule has 14 heavy (non-hydrogen) atoms. The molecule has 0 saturated heterocycles. The van der Waals surface area contributed by atoms with E-state index in [0.717, 1.165) is 18.4 Å². The normalized spacial score (nSPS) is 15.3. The minimum absolute atomic E-state index is 0.0645. The summed E-state index contributed by atoms with van der Waals surface area (Å²) in [4.78, 5) is 0. The second kappa shape index (κ2) is 3.62. The maximum absolute atomic E-state index is 9.69. The van der Waals surface area contributed by atoms with Gasteiger partial charge in [0.05, 0.1) is 6.61 Å². The summed E-state index contributed by atoms with van der Waals surface area (Å²) >= 11 is 0. The van der Waals surface area contributed by atoms with E-state index in [-0.39, 0.29) is 12.4 Å². The van der Waals surface area contributed by atoms with E-state index in [4.69, 9.17) is 5.11 Å². The Bertz CT molecular complexity index is 356. The van der Waals surface area contributed by atoms with Gasteiger partial charge in [0.15, 0.2) is 0 Å². The number of benzene rings is 1. The van der Waals surface area contributed by atoms with Gasteiger partial charge < -0.3 is 10.2 Å². The zero-order chi connectivity index (χ0) is 10.1. The number of aliphatic hydroxyl groups excluding tert-OH is 1. The highest BCUT2D eigenvalue weighted by molar-refractivity contribution is 5.49. The minimum Gasteiger partial charge on any atom is -0.508 e. The molecule has 2 N–H and O–H groups in total. The van der Waals surface area contributed by atoms with Gasteiger partial charge in [-0.3, -0.25) is 0 Å². The molecule has 2 nitrogen and oxygen atoms in total. The van der Waals surface area contributed by atoms with Crippen LogP contribution in [0.25, 0.3) is 0 Å². The van der Waals surface area contributed by atoms with Crippen molar-refractivity contribution in [2.45, 2.75) is 39.2 Å². The molecule has 0 amide bonds. The van der Waals surface area contributed by atoms with Crippen molar-refractivity contribution in [2.24, 2.45) is 0 Å². The van der Waals surface area contributed by atoms with Crippen LogP contribution in [0.2, 0.25) is 0 Å². The average Bonchev–Trinajstić information content (AvgIpc) is 2.18. The van der Waals surface area contributed by atoms with Crippen LogP contribution >= 0.6 is 0 Å². The van der Waals surface area contributed by atoms with Crippen molar-refractivity contribution in [3.05, 3.63) is 28.3 Å². The van der Waals surface area contributed by atoms with E-state index in [9.17, 15) is 5.11 Å². The van der Waals surface area contributed by atoms with Crippen molar-refractivity contribution in [3.63, 3.8) is 0 Å². The fraction of sp³-hybridized carbons (Fsp3) is 0.500. The molecule has 1 aliphatic rings. The Labute approximate surface area is 84.2 Å². The largest absolute Gasteiger partial charge is 0.508 e. The summed E-state index contributed by atoms with van der Waals surface area (Å²) in [5, 5.41) is 18.8. The van der Waals surface area contributed by atoms with Gasteiger partial charge in [-0.1, -0.05) is 0 Å². The monoisotopic (exact) mass is 192 g/mol. The second-order valence-corrected chi connectivity index (χ2v) is 4.00. The van der Waals surface area contributed by atoms with Gasteiger partial charge in [0.2, 0.25) is 0 Å². The summed E-state index contributed by atoms with van der Waals surface area (Å²) in [6.07, 6.45) is 4.59. The Morgan fingerprint density at radius 3 is 2.71 bits per heavy atom. The highest BCUT2D eigenvalue weighted by Gasteiger charge is 2.16. The standard InChI is InChI=1S/C12H16O2/c1-8-10-5-3-2-4-9(10)6-12(14)11(8)7-13/h6,13-14H,2-5,7H2,1H3. The van der Waals surface area contributed by atoms with Crippen LogP contribution in [0.15, 0.2) is 6.07 Å². The summed E-state index contributed by atoms with van der Waals surface area (Å²) < 4.78 is 0. The van der Waals surface area contributed by atoms with Gasteiger partial charge in [0.25, 0.3) is 0 Å². The van der Waals surface area contributed by atoms with E-state index >= 15 is 0 Å². The fourth-order valence-corrected chi connectivity index (χ4v) is 2.34. The maximum atomic E-state index is 9.69. The van der Waals surface area contributed by atoms with Crippen LogP contribution in [0.1, 0.15) is 35.1 Å². The van der Waals surface area contributed by atoms with Gasteiger partial charge in [-0.15, -0.1) is 0 Å². The van der Waals surface area contributed by atoms with Crippen LogP contribution in [0.4, 0.5) is 0 Å². The number of aromatic hydroxyl groups is 1. The number of fused-ring (bicyclic) bond motifs is 1. The molecule has 1 aliphatic carbocycles. The number of aryl methyl sites for hydroxylation is 1. The zero-order valence-corrected chi connectivity index (χ0v) is 8.51. The summed E-state index contributed by atoms with van der Waals surface area (Å²) in [7, 11) is 0. The third kappa shape index (κ3) is 1.40. The first-order chi connectivity index (χ1) is 6.74. The molecule has 2 heteroatoms. The van der Waals surface area contributed by atoms with Crippen molar-refractivity contribution in [1.29, 1.82) is 0 Å². The molecular formula is C12H16O2. The smallest absolute Gasteiger partial charge is 0.121 e. The average molecular weight is 192 g/mol. The van der Waals surface area contributed by atoms with Gasteiger partial charge in [-0.25, -0.2) is 0 Å². The molecule has 1 aromatic rings. The zero-order valence-electron chi connectivity index (χ0n) is 8.51. The highest BCUT2D eigenvalue weighted by atomic mass is 16.3. The van der Waals surface area contributed by atoms with Gasteiger partial charge in [-0.2, -0.15) is 0 Å². The van der Waals surface area contributed by atoms with E-state index in [1.165, 1.54) is 24.0 Å². The molecule has 0 bridgehead atoms. The van der Waals surface area contributed by atoms with Crippen LogP contribution in [0.3, 0.4) is 0 Å². The third-order valence-corrected chi connectivity index (χ3v) is 3.19. The van der Waals surface area contributed by atoms with Crippen LogP contribution in [0.5, 0.6) is 5.75 Å². The predicted octanol–water partition coefficient (Wildman–Crippen LogP) is 2.07. The Morgan fingerprint density at radius 1 is 1.29 bits per heavy atom. The number of hydrogen-bond acceptors (Lipinski definition) is 2. The lowest BCUT2D eigenvalue weighted by Gasteiger charge is -2.20. The van der Waals surface area contributed by atoms with E-state index in [2.05, 4.69) is 0 Å². The van der Waals surface area contributed by atoms with Crippen LogP contribution in [0, 0.1) is 6.92 Å². The lowest BCUT2D eigenvalue weighted by Crippen LogP contribution is -2.07. The van der Waals surface area contributed by atoms with Crippen molar-refractivity contribution in [1.82, 2.24) is 0 Å². The first-order valence-electron chi connectivity index (χ1n) is 5.18. The van der Waals surface area contributed by atoms with E-state index in [1.54, 1.807) is 0 Å². The number of aliphatic hydroxyl groups is 1. The fourth-order valence-electron chi connectivity index (χ4n) is 2.34. The Balaban J connectivity index is 2.57. The van der Waals surface area contributed by atoms with Crippen LogP contribution in [-0.2, 0) is 19.4 Å². The summed E-state index contributed by atoms with van der Waals surface area (Å²) in [5.41, 5.74) is 4.40. The Morgan fingerprint density at radius 2 is 2.00 bits per heavy atom. The Hall–Kier alpha value is -1.02. The van der Waals surface area contributed by atoms with Gasteiger partial charge >= 0.3 is 0 Å². The molecule has 0 atom stereocenters. The van der Waals surface area contributed by atoms with E-state index in [0.29, 0.717) is 5.56 Å². The summed E-state index contributed by atoms with van der Waals surface area (Å²) in [6.45, 7) is 1.93. The first-order valence-corrected chi connectivity index (χ1v) is 5.18. The Kier molecular flexibility index (Phi) is 2.46. The molecule has 0 aliphatic heterocycles. The molecular weight excluding hydrogens is 176 g/mol. The SMILES string of the molecule is Cc1c(CO)c(O)cc2c1CCCC2. The van der Waals surface area contributed by atoms with E-state index in [1.807, 2.05) is 13.0 Å². The lowest BCUT2D eigenvalue weighted by atomic mass is 9.86. The van der Waals surface area contributed by atoms with Gasteiger partial charge in [-0.05, 0) is 55.4 Å². The molecule has 0 unspecified atom stereocenters. The lowest BCUT2D eigenvalue weighted by molar-refractivity contribution is 0.274. The number of rotatable bonds is 1. The van der Waals surface area contributed by atoms with Crippen molar-refractivity contribution in [2.75, 3.05) is 0 Å². The first kappa shape index (κ1) is 9.53. The van der Waals surface area contributed by atoms with Crippen molar-refractivity contribution < 1.29 is 10.2 Å². The van der Waals surface area contributed by atoms with E-state index < -0.39 is 0 Å². The summed E-state index contributed by atoms with van der Waals surface area (Å²) in [6, 6.07) is 1.83. The summed E-state index contributed by atoms with van der Waals surface area (Å²) in [5.74, 6) is 0.255. The molecule has 0 aromatic heterocycles. The molecule has 0 spiro atoms. The maximum Gasteiger partial charge on any atom is 0.121 e. The van der Waals surface area contributed by atoms with Crippen molar-refractivity contribution >= 4 is 0 Å². The quantitative estimate of drug-likeness (QED) is 0.715. The van der Waals surface area contributed by atoms with Gasteiger partial charge in [0.1, 0.15) is 5.75 Å². The second-order valence-electron chi connectivity index (χ2n) is 4.00. The molecule has 0 saturated carbocycles. The van der Waals surface area contributed by atoms with Crippen LogP contribution < -0.4 is 0 Å².